The average Bonchev–Trinajstić information content (AvgIpc) is 2.68. The minimum Gasteiger partial charge on any atom is -0.465 e. The first kappa shape index (κ1) is 16.9. The Labute approximate surface area is 117 Å². The van der Waals surface area contributed by atoms with Gasteiger partial charge < -0.3 is 4.74 Å². The van der Waals surface area contributed by atoms with Crippen LogP contribution < -0.4 is 4.72 Å². The van der Waals surface area contributed by atoms with Crippen LogP contribution in [0.1, 0.15) is 21.7 Å². The van der Waals surface area contributed by atoms with Crippen molar-refractivity contribution < 1.29 is 31.1 Å². The lowest BCUT2D eigenvalue weighted by molar-refractivity contribution is -0.132. The number of ether oxygens (including phenoxy) is 1. The van der Waals surface area contributed by atoms with Crippen molar-refractivity contribution in [1.82, 2.24) is 4.72 Å². The molecule has 20 heavy (non-hydrogen) atoms. The second-order valence-corrected chi connectivity index (χ2v) is 6.41. The summed E-state index contributed by atoms with van der Waals surface area (Å²) in [6, 6.07) is 0. The normalized spacial score (nSPS) is 12.4. The lowest BCUT2D eigenvalue weighted by Crippen LogP contribution is -2.29. The highest BCUT2D eigenvalue weighted by molar-refractivity contribution is 7.89. The van der Waals surface area contributed by atoms with E-state index in [2.05, 4.69) is 4.74 Å². The van der Waals surface area contributed by atoms with Crippen LogP contribution in [0.3, 0.4) is 0 Å². The second-order valence-electron chi connectivity index (χ2n) is 3.83. The van der Waals surface area contributed by atoms with Crippen molar-refractivity contribution in [2.45, 2.75) is 24.4 Å². The fourth-order valence-electron chi connectivity index (χ4n) is 1.40. The number of sulfonamides is 1. The molecule has 0 radical (unpaired) electrons. The average molecular weight is 331 g/mol. The summed E-state index contributed by atoms with van der Waals surface area (Å²) in [6.45, 7) is 0.656. The number of rotatable bonds is 5. The predicted octanol–water partition coefficient (Wildman–Crippen LogP) is 2.07. The molecule has 0 saturated heterocycles. The predicted molar refractivity (Wildman–Crippen MR) is 66.3 cm³/mol. The molecule has 0 aliphatic rings. The van der Waals surface area contributed by atoms with E-state index in [1.54, 1.807) is 0 Å². The SMILES string of the molecule is COC(=O)c1scc(C)c1S(=O)(=O)NCCC(F)(F)F. The Morgan fingerprint density at radius 3 is 2.55 bits per heavy atom. The molecule has 1 aromatic heterocycles. The standard InChI is InChI=1S/C10H12F3NO4S2/c1-6-5-19-7(9(15)18-2)8(6)20(16,17)14-4-3-10(11,12)13/h5,14H,3-4H2,1-2H3. The maximum absolute atomic E-state index is 12.0. The zero-order valence-corrected chi connectivity index (χ0v) is 12.2. The van der Waals surface area contributed by atoms with E-state index in [4.69, 9.17) is 0 Å². The molecule has 0 aromatic carbocycles. The summed E-state index contributed by atoms with van der Waals surface area (Å²) in [7, 11) is -3.11. The summed E-state index contributed by atoms with van der Waals surface area (Å²) < 4.78 is 66.2. The van der Waals surface area contributed by atoms with Crippen molar-refractivity contribution in [2.75, 3.05) is 13.7 Å². The van der Waals surface area contributed by atoms with E-state index in [0.717, 1.165) is 18.4 Å². The lowest BCUT2D eigenvalue weighted by Gasteiger charge is -2.09. The summed E-state index contributed by atoms with van der Waals surface area (Å²) >= 11 is 0.859. The number of thiophene rings is 1. The quantitative estimate of drug-likeness (QED) is 0.839. The molecular weight excluding hydrogens is 319 g/mol. The maximum Gasteiger partial charge on any atom is 0.390 e. The second kappa shape index (κ2) is 6.10. The third kappa shape index (κ3) is 4.18. The van der Waals surface area contributed by atoms with Gasteiger partial charge >= 0.3 is 12.1 Å². The van der Waals surface area contributed by atoms with E-state index in [9.17, 15) is 26.4 Å². The van der Waals surface area contributed by atoms with E-state index in [-0.39, 0.29) is 15.3 Å². The number of hydrogen-bond acceptors (Lipinski definition) is 5. The van der Waals surface area contributed by atoms with Crippen LogP contribution >= 0.6 is 11.3 Å². The van der Waals surface area contributed by atoms with Gasteiger partial charge in [0.1, 0.15) is 9.77 Å². The monoisotopic (exact) mass is 331 g/mol. The third-order valence-electron chi connectivity index (χ3n) is 2.26. The molecule has 0 spiro atoms. The molecule has 1 heterocycles. The third-order valence-corrected chi connectivity index (χ3v) is 5.11. The highest BCUT2D eigenvalue weighted by Gasteiger charge is 2.30. The summed E-state index contributed by atoms with van der Waals surface area (Å²) in [5, 5.41) is 1.42. The number of aryl methyl sites for hydroxylation is 1. The van der Waals surface area contributed by atoms with Gasteiger partial charge in [-0.1, -0.05) is 0 Å². The van der Waals surface area contributed by atoms with E-state index >= 15 is 0 Å². The highest BCUT2D eigenvalue weighted by atomic mass is 32.2. The van der Waals surface area contributed by atoms with Gasteiger partial charge in [-0.25, -0.2) is 17.9 Å². The Hall–Kier alpha value is -1.13. The van der Waals surface area contributed by atoms with Crippen molar-refractivity contribution >= 4 is 27.3 Å². The number of methoxy groups -OCH3 is 1. The molecule has 1 aromatic rings. The van der Waals surface area contributed by atoms with Crippen molar-refractivity contribution in [3.05, 3.63) is 15.8 Å². The zero-order chi connectivity index (χ0) is 15.6. The van der Waals surface area contributed by atoms with Gasteiger partial charge in [-0.3, -0.25) is 0 Å². The van der Waals surface area contributed by atoms with E-state index in [1.807, 2.05) is 4.72 Å². The molecule has 1 N–H and O–H groups in total. The molecular formula is C10H12F3NO4S2. The Balaban J connectivity index is 2.98. The minimum absolute atomic E-state index is 0.162. The summed E-state index contributed by atoms with van der Waals surface area (Å²) in [5.74, 6) is -0.848. The van der Waals surface area contributed by atoms with Gasteiger partial charge in [0.15, 0.2) is 0 Å². The van der Waals surface area contributed by atoms with Gasteiger partial charge in [0.25, 0.3) is 0 Å². The summed E-state index contributed by atoms with van der Waals surface area (Å²) in [5.41, 5.74) is 0.273. The fraction of sp³-hybridized carbons (Fsp3) is 0.500. The molecule has 0 aliphatic heterocycles. The Kier molecular flexibility index (Phi) is 5.16. The molecule has 0 atom stereocenters. The number of halogens is 3. The minimum atomic E-state index is -4.46. The first-order valence-corrected chi connectivity index (χ1v) is 7.67. The van der Waals surface area contributed by atoms with E-state index in [0.29, 0.717) is 0 Å². The van der Waals surface area contributed by atoms with Crippen LogP contribution in [0.15, 0.2) is 10.3 Å². The molecule has 0 unspecified atom stereocenters. The highest BCUT2D eigenvalue weighted by Crippen LogP contribution is 2.27. The Bertz CT molecular complexity index is 592. The number of carbonyl (C=O) groups excluding carboxylic acids is 1. The lowest BCUT2D eigenvalue weighted by atomic mass is 10.3. The van der Waals surface area contributed by atoms with Crippen LogP contribution in [0.4, 0.5) is 13.2 Å². The fourth-order valence-corrected chi connectivity index (χ4v) is 4.13. The largest absolute Gasteiger partial charge is 0.465 e. The molecule has 10 heteroatoms. The molecule has 5 nitrogen and oxygen atoms in total. The number of alkyl halides is 3. The van der Waals surface area contributed by atoms with Crippen molar-refractivity contribution in [2.24, 2.45) is 0 Å². The molecule has 0 bridgehead atoms. The molecule has 0 amide bonds. The van der Waals surface area contributed by atoms with Crippen LogP contribution in [0.2, 0.25) is 0 Å². The van der Waals surface area contributed by atoms with Crippen LogP contribution in [-0.2, 0) is 14.8 Å². The van der Waals surface area contributed by atoms with Gasteiger partial charge in [0, 0.05) is 6.54 Å². The summed E-state index contributed by atoms with van der Waals surface area (Å²) in [6.07, 6.45) is -5.75. The topological polar surface area (TPSA) is 72.5 Å². The van der Waals surface area contributed by atoms with Crippen molar-refractivity contribution in [3.63, 3.8) is 0 Å². The smallest absolute Gasteiger partial charge is 0.390 e. The van der Waals surface area contributed by atoms with Crippen LogP contribution in [0.5, 0.6) is 0 Å². The number of esters is 1. The van der Waals surface area contributed by atoms with Crippen molar-refractivity contribution in [3.8, 4) is 0 Å². The summed E-state index contributed by atoms with van der Waals surface area (Å²) in [4.78, 5) is 10.9. The van der Waals surface area contributed by atoms with Gasteiger partial charge in [-0.2, -0.15) is 13.2 Å². The van der Waals surface area contributed by atoms with Crippen LogP contribution in [-0.4, -0.2) is 34.2 Å². The van der Waals surface area contributed by atoms with Crippen LogP contribution in [0.25, 0.3) is 0 Å². The molecule has 114 valence electrons. The Morgan fingerprint density at radius 1 is 1.45 bits per heavy atom. The maximum atomic E-state index is 12.0. The molecule has 0 fully saturated rings. The number of nitrogens with one attached hydrogen (secondary N) is 1. The van der Waals surface area contributed by atoms with Gasteiger partial charge in [0.05, 0.1) is 13.5 Å². The van der Waals surface area contributed by atoms with E-state index in [1.165, 1.54) is 12.3 Å². The molecule has 0 aliphatic carbocycles. The van der Waals surface area contributed by atoms with Gasteiger partial charge in [-0.05, 0) is 17.9 Å². The molecule has 0 saturated carbocycles. The first-order chi connectivity index (χ1) is 9.08. The van der Waals surface area contributed by atoms with Gasteiger partial charge in [-0.15, -0.1) is 11.3 Å². The number of carbonyl (C=O) groups is 1. The first-order valence-electron chi connectivity index (χ1n) is 5.31. The van der Waals surface area contributed by atoms with Crippen LogP contribution in [0, 0.1) is 6.92 Å². The van der Waals surface area contributed by atoms with Crippen molar-refractivity contribution in [1.29, 1.82) is 0 Å². The Morgan fingerprint density at radius 2 is 2.05 bits per heavy atom. The van der Waals surface area contributed by atoms with Gasteiger partial charge in [0.2, 0.25) is 10.0 Å². The van der Waals surface area contributed by atoms with E-state index < -0.39 is 35.1 Å². The number of hydrogen-bond donors (Lipinski definition) is 1. The molecule has 1 rings (SSSR count). The zero-order valence-electron chi connectivity index (χ0n) is 10.6.